The third-order valence-corrected chi connectivity index (χ3v) is 1.90. The number of aryl methyl sites for hydroxylation is 1. The summed E-state index contributed by atoms with van der Waals surface area (Å²) in [6.07, 6.45) is 1.34. The Bertz CT molecular complexity index is 446. The molecule has 0 aliphatic rings. The Morgan fingerprint density at radius 3 is 2.85 bits per heavy atom. The van der Waals surface area contributed by atoms with Crippen LogP contribution in [0.2, 0.25) is 0 Å². The Morgan fingerprint density at radius 2 is 2.31 bits per heavy atom. The van der Waals surface area contributed by atoms with E-state index in [1.165, 1.54) is 17.9 Å². The summed E-state index contributed by atoms with van der Waals surface area (Å²) < 4.78 is 6.13. The van der Waals surface area contributed by atoms with Gasteiger partial charge in [0.25, 0.3) is 5.56 Å². The molecule has 0 fully saturated rings. The smallest absolute Gasteiger partial charge is 0.345 e. The number of nitrogens with one attached hydrogen (secondary N) is 1. The average Bonchev–Trinajstić information content (AvgIpc) is 2.10. The standard InChI is InChI=1S/C7H8N2O3S/c1-9-3-4(6(11)12-2)5(10)8-7(9)13/h3H,1-2H3,(H,8,10,13). The summed E-state index contributed by atoms with van der Waals surface area (Å²) >= 11 is 4.78. The SMILES string of the molecule is COC(=O)c1cn(C)c(=S)[nH]c1=O. The highest BCUT2D eigenvalue weighted by Gasteiger charge is 2.10. The van der Waals surface area contributed by atoms with E-state index in [4.69, 9.17) is 12.2 Å². The lowest BCUT2D eigenvalue weighted by Crippen LogP contribution is -2.21. The van der Waals surface area contributed by atoms with E-state index in [0.29, 0.717) is 0 Å². The van der Waals surface area contributed by atoms with E-state index < -0.39 is 11.5 Å². The number of esters is 1. The molecule has 0 aliphatic heterocycles. The number of carbonyl (C=O) groups excluding carboxylic acids is 1. The number of carbonyl (C=O) groups is 1. The summed E-state index contributed by atoms with van der Waals surface area (Å²) in [7, 11) is 2.84. The molecule has 0 amide bonds. The minimum atomic E-state index is -0.674. The second-order valence-corrected chi connectivity index (χ2v) is 2.79. The topological polar surface area (TPSA) is 64.1 Å². The highest BCUT2D eigenvalue weighted by molar-refractivity contribution is 7.71. The van der Waals surface area contributed by atoms with Crippen LogP contribution in [0.4, 0.5) is 0 Å². The first-order valence-electron chi connectivity index (χ1n) is 3.44. The van der Waals surface area contributed by atoms with Gasteiger partial charge in [0.1, 0.15) is 5.56 Å². The van der Waals surface area contributed by atoms with E-state index in [1.807, 2.05) is 0 Å². The Labute approximate surface area is 79.0 Å². The molecule has 13 heavy (non-hydrogen) atoms. The van der Waals surface area contributed by atoms with Crippen molar-refractivity contribution in [3.05, 3.63) is 26.9 Å². The molecule has 0 radical (unpaired) electrons. The number of nitrogens with zero attached hydrogens (tertiary/aromatic N) is 1. The van der Waals surface area contributed by atoms with Crippen LogP contribution in [0.1, 0.15) is 10.4 Å². The number of H-pyrrole nitrogens is 1. The fourth-order valence-electron chi connectivity index (χ4n) is 0.819. The van der Waals surface area contributed by atoms with Crippen molar-refractivity contribution in [3.63, 3.8) is 0 Å². The summed E-state index contributed by atoms with van der Waals surface area (Å²) in [5.41, 5.74) is -0.589. The summed E-state index contributed by atoms with van der Waals surface area (Å²) in [4.78, 5) is 24.5. The van der Waals surface area contributed by atoms with Crippen molar-refractivity contribution in [2.24, 2.45) is 7.05 Å². The van der Waals surface area contributed by atoms with Gasteiger partial charge < -0.3 is 9.30 Å². The van der Waals surface area contributed by atoms with Crippen LogP contribution in [-0.2, 0) is 11.8 Å². The third-order valence-electron chi connectivity index (χ3n) is 1.51. The Morgan fingerprint density at radius 1 is 1.69 bits per heavy atom. The molecule has 1 rings (SSSR count). The highest BCUT2D eigenvalue weighted by Crippen LogP contribution is 1.92. The van der Waals surface area contributed by atoms with E-state index >= 15 is 0 Å². The van der Waals surface area contributed by atoms with Crippen LogP contribution in [0, 0.1) is 4.77 Å². The monoisotopic (exact) mass is 200 g/mol. The lowest BCUT2D eigenvalue weighted by Gasteiger charge is -2.01. The predicted octanol–water partition coefficient (Wildman–Crippen LogP) is 0.229. The molecule has 0 bridgehead atoms. The van der Waals surface area contributed by atoms with Crippen LogP contribution >= 0.6 is 12.2 Å². The van der Waals surface area contributed by atoms with E-state index in [9.17, 15) is 9.59 Å². The van der Waals surface area contributed by atoms with Gasteiger partial charge in [-0.1, -0.05) is 0 Å². The maximum absolute atomic E-state index is 11.2. The predicted molar refractivity (Wildman–Crippen MR) is 48.2 cm³/mol. The van der Waals surface area contributed by atoms with Crippen molar-refractivity contribution in [1.29, 1.82) is 0 Å². The van der Waals surface area contributed by atoms with Gasteiger partial charge in [-0.05, 0) is 12.2 Å². The van der Waals surface area contributed by atoms with Gasteiger partial charge in [0.05, 0.1) is 7.11 Å². The van der Waals surface area contributed by atoms with Crippen LogP contribution in [0.25, 0.3) is 0 Å². The minimum absolute atomic E-state index is 0.0569. The fourth-order valence-corrected chi connectivity index (χ4v) is 0.964. The molecule has 1 aromatic heterocycles. The number of hydrogen-bond donors (Lipinski definition) is 1. The normalized spacial score (nSPS) is 9.69. The van der Waals surface area contributed by atoms with Crippen molar-refractivity contribution in [1.82, 2.24) is 9.55 Å². The Kier molecular flexibility index (Phi) is 2.62. The number of aromatic nitrogens is 2. The summed E-state index contributed by atoms with van der Waals surface area (Å²) in [6.45, 7) is 0. The third kappa shape index (κ3) is 1.83. The van der Waals surface area contributed by atoms with Crippen molar-refractivity contribution in [2.75, 3.05) is 7.11 Å². The van der Waals surface area contributed by atoms with E-state index in [2.05, 4.69) is 9.72 Å². The van der Waals surface area contributed by atoms with Gasteiger partial charge in [0.2, 0.25) is 0 Å². The van der Waals surface area contributed by atoms with Crippen molar-refractivity contribution in [2.45, 2.75) is 0 Å². The molecule has 1 heterocycles. The van der Waals surface area contributed by atoms with E-state index in [-0.39, 0.29) is 10.3 Å². The highest BCUT2D eigenvalue weighted by atomic mass is 32.1. The Hall–Kier alpha value is -1.43. The summed E-state index contributed by atoms with van der Waals surface area (Å²) in [6, 6.07) is 0. The number of hydrogen-bond acceptors (Lipinski definition) is 4. The molecule has 1 aromatic rings. The van der Waals surface area contributed by atoms with Crippen LogP contribution in [0.15, 0.2) is 11.0 Å². The molecule has 0 spiro atoms. The van der Waals surface area contributed by atoms with Crippen LogP contribution < -0.4 is 5.56 Å². The molecular weight excluding hydrogens is 192 g/mol. The second kappa shape index (κ2) is 3.53. The van der Waals surface area contributed by atoms with Gasteiger partial charge in [-0.3, -0.25) is 9.78 Å². The van der Waals surface area contributed by atoms with Gasteiger partial charge in [0, 0.05) is 13.2 Å². The quantitative estimate of drug-likeness (QED) is 0.520. The number of aromatic amines is 1. The van der Waals surface area contributed by atoms with Gasteiger partial charge in [0.15, 0.2) is 4.77 Å². The maximum Gasteiger partial charge on any atom is 0.345 e. The lowest BCUT2D eigenvalue weighted by molar-refractivity contribution is 0.0597. The molecule has 1 N–H and O–H groups in total. The van der Waals surface area contributed by atoms with Crippen molar-refractivity contribution in [3.8, 4) is 0 Å². The summed E-state index contributed by atoms with van der Waals surface area (Å²) in [5, 5.41) is 0. The van der Waals surface area contributed by atoms with Gasteiger partial charge >= 0.3 is 5.97 Å². The van der Waals surface area contributed by atoms with Gasteiger partial charge in [-0.25, -0.2) is 4.79 Å². The maximum atomic E-state index is 11.2. The zero-order valence-electron chi connectivity index (χ0n) is 7.16. The summed E-state index contributed by atoms with van der Waals surface area (Å²) in [5.74, 6) is -0.674. The molecule has 0 saturated carbocycles. The molecular formula is C7H8N2O3S. The molecule has 0 unspecified atom stereocenters. The van der Waals surface area contributed by atoms with Crippen molar-refractivity contribution < 1.29 is 9.53 Å². The average molecular weight is 200 g/mol. The number of rotatable bonds is 1. The molecule has 70 valence electrons. The van der Waals surface area contributed by atoms with Crippen LogP contribution in [0.3, 0.4) is 0 Å². The molecule has 0 atom stereocenters. The van der Waals surface area contributed by atoms with Crippen LogP contribution in [0.5, 0.6) is 0 Å². The molecule has 0 aliphatic carbocycles. The molecule has 0 saturated heterocycles. The lowest BCUT2D eigenvalue weighted by atomic mass is 10.3. The molecule has 6 heteroatoms. The van der Waals surface area contributed by atoms with Gasteiger partial charge in [-0.15, -0.1) is 0 Å². The second-order valence-electron chi connectivity index (χ2n) is 2.40. The number of ether oxygens (including phenoxy) is 1. The largest absolute Gasteiger partial charge is 0.465 e. The first kappa shape index (κ1) is 9.66. The van der Waals surface area contributed by atoms with Gasteiger partial charge in [-0.2, -0.15) is 0 Å². The molecule has 5 nitrogen and oxygen atoms in total. The minimum Gasteiger partial charge on any atom is -0.465 e. The first-order valence-corrected chi connectivity index (χ1v) is 3.85. The van der Waals surface area contributed by atoms with E-state index in [0.717, 1.165) is 0 Å². The Balaban J connectivity index is 3.41. The fraction of sp³-hybridized carbons (Fsp3) is 0.286. The van der Waals surface area contributed by atoms with E-state index in [1.54, 1.807) is 7.05 Å². The van der Waals surface area contributed by atoms with Crippen LogP contribution in [-0.4, -0.2) is 22.6 Å². The molecule has 0 aromatic carbocycles. The zero-order chi connectivity index (χ0) is 10.0. The zero-order valence-corrected chi connectivity index (χ0v) is 7.97. The van der Waals surface area contributed by atoms with Crippen molar-refractivity contribution >= 4 is 18.2 Å². The number of methoxy groups -OCH3 is 1. The first-order chi connectivity index (χ1) is 6.06.